The molecule has 0 saturated heterocycles. The third kappa shape index (κ3) is 6.88. The lowest BCUT2D eigenvalue weighted by Gasteiger charge is -2.27. The van der Waals surface area contributed by atoms with Crippen molar-refractivity contribution >= 4 is 38.6 Å². The Morgan fingerprint density at radius 2 is 0.544 bits per heavy atom. The predicted octanol–water partition coefficient (Wildman–Crippen LogP) is 15.8. The lowest BCUT2D eigenvalue weighted by molar-refractivity contribution is 1.28. The van der Waals surface area contributed by atoms with E-state index in [-0.39, 0.29) is 0 Å². The fourth-order valence-corrected chi connectivity index (χ4v) is 8.04. The van der Waals surface area contributed by atoms with Gasteiger partial charge in [-0.15, -0.1) is 0 Å². The minimum Gasteiger partial charge on any atom is -0.310 e. The summed E-state index contributed by atoms with van der Waals surface area (Å²) in [6.07, 6.45) is 0. The highest BCUT2D eigenvalue weighted by atomic mass is 15.1. The highest BCUT2D eigenvalue weighted by molar-refractivity contribution is 5.92. The molecule has 0 bridgehead atoms. The summed E-state index contributed by atoms with van der Waals surface area (Å²) in [5.74, 6) is 0. The quantitative estimate of drug-likeness (QED) is 0.151. The standard InChI is InChI=1S/C56H39N/c1-3-11-40(12-4-1)43-19-23-47(24-20-43)56-39-54(35-36-55(56)46-15-5-2-6-16-46)57(52-31-27-44(28-32-52)50-25-21-41-13-7-9-17-48(41)37-50)53-33-29-45(30-34-53)51-26-22-42-14-8-10-18-49(42)38-51/h1-39H. The molecule has 0 saturated carbocycles. The van der Waals surface area contributed by atoms with Crippen molar-refractivity contribution in [2.75, 3.05) is 4.90 Å². The predicted molar refractivity (Wildman–Crippen MR) is 243 cm³/mol. The first kappa shape index (κ1) is 34.0. The zero-order valence-corrected chi connectivity index (χ0v) is 31.5. The Balaban J connectivity index is 1.09. The van der Waals surface area contributed by atoms with Gasteiger partial charge in [-0.05, 0) is 126 Å². The van der Waals surface area contributed by atoms with Crippen LogP contribution in [0.5, 0.6) is 0 Å². The van der Waals surface area contributed by atoms with E-state index in [1.165, 1.54) is 77.2 Å². The van der Waals surface area contributed by atoms with Gasteiger partial charge in [0.1, 0.15) is 0 Å². The van der Waals surface area contributed by atoms with Crippen molar-refractivity contribution < 1.29 is 0 Å². The number of anilines is 3. The van der Waals surface area contributed by atoms with Gasteiger partial charge in [0.2, 0.25) is 0 Å². The molecule has 0 aliphatic heterocycles. The monoisotopic (exact) mass is 725 g/mol. The van der Waals surface area contributed by atoms with E-state index in [0.717, 1.165) is 17.1 Å². The Labute approximate surface area is 334 Å². The molecule has 0 unspecified atom stereocenters. The molecule has 1 nitrogen and oxygen atoms in total. The molecule has 0 aromatic heterocycles. The molecule has 0 atom stereocenters. The summed E-state index contributed by atoms with van der Waals surface area (Å²) >= 11 is 0. The molecule has 10 aromatic carbocycles. The Kier molecular flexibility index (Phi) is 8.95. The normalized spacial score (nSPS) is 11.2. The maximum absolute atomic E-state index is 2.38. The molecule has 10 aromatic rings. The van der Waals surface area contributed by atoms with Gasteiger partial charge in [-0.1, -0.05) is 188 Å². The molecule has 0 radical (unpaired) electrons. The average molecular weight is 726 g/mol. The maximum atomic E-state index is 2.38. The van der Waals surface area contributed by atoms with Crippen molar-refractivity contribution in [3.05, 3.63) is 237 Å². The molecule has 0 N–H and O–H groups in total. The molecule has 57 heavy (non-hydrogen) atoms. The Bertz CT molecular complexity index is 2840. The summed E-state index contributed by atoms with van der Waals surface area (Å²) < 4.78 is 0. The van der Waals surface area contributed by atoms with Crippen LogP contribution in [0.1, 0.15) is 0 Å². The molecule has 10 rings (SSSR count). The van der Waals surface area contributed by atoms with Crippen LogP contribution in [0.25, 0.3) is 77.2 Å². The number of fused-ring (bicyclic) bond motifs is 2. The summed E-state index contributed by atoms with van der Waals surface area (Å²) in [6.45, 7) is 0. The van der Waals surface area contributed by atoms with Crippen molar-refractivity contribution in [2.24, 2.45) is 0 Å². The van der Waals surface area contributed by atoms with E-state index in [1.54, 1.807) is 0 Å². The summed E-state index contributed by atoms with van der Waals surface area (Å²) in [6, 6.07) is 85.7. The molecule has 268 valence electrons. The Hall–Kier alpha value is -7.48. The van der Waals surface area contributed by atoms with E-state index in [2.05, 4.69) is 241 Å². The van der Waals surface area contributed by atoms with Crippen LogP contribution in [0.3, 0.4) is 0 Å². The highest BCUT2D eigenvalue weighted by Crippen LogP contribution is 2.42. The van der Waals surface area contributed by atoms with Gasteiger partial charge in [-0.3, -0.25) is 0 Å². The molecule has 1 heteroatoms. The van der Waals surface area contributed by atoms with Gasteiger partial charge in [-0.2, -0.15) is 0 Å². The van der Waals surface area contributed by atoms with Gasteiger partial charge in [0.15, 0.2) is 0 Å². The van der Waals surface area contributed by atoms with E-state index in [4.69, 9.17) is 0 Å². The summed E-state index contributed by atoms with van der Waals surface area (Å²) in [5, 5.41) is 4.99. The number of rotatable bonds is 8. The zero-order valence-electron chi connectivity index (χ0n) is 31.5. The van der Waals surface area contributed by atoms with E-state index >= 15 is 0 Å². The second-order valence-corrected chi connectivity index (χ2v) is 14.6. The second kappa shape index (κ2) is 15.0. The van der Waals surface area contributed by atoms with Crippen LogP contribution in [0.2, 0.25) is 0 Å². The van der Waals surface area contributed by atoms with Crippen molar-refractivity contribution in [1.29, 1.82) is 0 Å². The molecule has 0 aliphatic rings. The van der Waals surface area contributed by atoms with Crippen LogP contribution in [0, 0.1) is 0 Å². The number of hydrogen-bond donors (Lipinski definition) is 0. The van der Waals surface area contributed by atoms with E-state index in [0.29, 0.717) is 0 Å². The maximum Gasteiger partial charge on any atom is 0.0468 e. The molecule has 0 aliphatic carbocycles. The van der Waals surface area contributed by atoms with Crippen LogP contribution in [-0.4, -0.2) is 0 Å². The van der Waals surface area contributed by atoms with Gasteiger partial charge in [-0.25, -0.2) is 0 Å². The molecular formula is C56H39N. The topological polar surface area (TPSA) is 3.24 Å². The molecular weight excluding hydrogens is 687 g/mol. The first-order chi connectivity index (χ1) is 28.2. The third-order valence-corrected chi connectivity index (χ3v) is 11.1. The largest absolute Gasteiger partial charge is 0.310 e. The van der Waals surface area contributed by atoms with Crippen molar-refractivity contribution in [3.63, 3.8) is 0 Å². The fraction of sp³-hybridized carbons (Fsp3) is 0. The fourth-order valence-electron chi connectivity index (χ4n) is 8.04. The van der Waals surface area contributed by atoms with Crippen molar-refractivity contribution in [1.82, 2.24) is 0 Å². The zero-order chi connectivity index (χ0) is 38.0. The molecule has 0 heterocycles. The van der Waals surface area contributed by atoms with Crippen LogP contribution < -0.4 is 4.90 Å². The van der Waals surface area contributed by atoms with Gasteiger partial charge < -0.3 is 4.90 Å². The SMILES string of the molecule is c1ccc(-c2ccc(-c3cc(N(c4ccc(-c5ccc6ccccc6c5)cc4)c4ccc(-c5ccc6ccccc6c5)cc4)ccc3-c3ccccc3)cc2)cc1. The van der Waals surface area contributed by atoms with Gasteiger partial charge in [0.25, 0.3) is 0 Å². The minimum atomic E-state index is 1.09. The lowest BCUT2D eigenvalue weighted by Crippen LogP contribution is -2.10. The first-order valence-electron chi connectivity index (χ1n) is 19.6. The number of hydrogen-bond acceptors (Lipinski definition) is 1. The molecule has 0 fully saturated rings. The number of benzene rings is 10. The van der Waals surface area contributed by atoms with Gasteiger partial charge in [0, 0.05) is 17.1 Å². The summed E-state index contributed by atoms with van der Waals surface area (Å²) in [4.78, 5) is 2.38. The van der Waals surface area contributed by atoms with Crippen LogP contribution in [0.15, 0.2) is 237 Å². The minimum absolute atomic E-state index is 1.09. The van der Waals surface area contributed by atoms with Crippen LogP contribution >= 0.6 is 0 Å². The van der Waals surface area contributed by atoms with E-state index in [9.17, 15) is 0 Å². The molecule has 0 spiro atoms. The van der Waals surface area contributed by atoms with Gasteiger partial charge >= 0.3 is 0 Å². The summed E-state index contributed by atoms with van der Waals surface area (Å²) in [5.41, 5.74) is 15.2. The molecule has 0 amide bonds. The van der Waals surface area contributed by atoms with E-state index < -0.39 is 0 Å². The van der Waals surface area contributed by atoms with Gasteiger partial charge in [0.05, 0.1) is 0 Å². The number of nitrogens with zero attached hydrogens (tertiary/aromatic N) is 1. The average Bonchev–Trinajstić information content (AvgIpc) is 3.30. The Morgan fingerprint density at radius 1 is 0.193 bits per heavy atom. The van der Waals surface area contributed by atoms with Crippen molar-refractivity contribution in [2.45, 2.75) is 0 Å². The summed E-state index contributed by atoms with van der Waals surface area (Å²) in [7, 11) is 0. The van der Waals surface area contributed by atoms with Crippen LogP contribution in [0.4, 0.5) is 17.1 Å². The lowest BCUT2D eigenvalue weighted by atomic mass is 9.92. The van der Waals surface area contributed by atoms with E-state index in [1.807, 2.05) is 0 Å². The second-order valence-electron chi connectivity index (χ2n) is 14.6. The smallest absolute Gasteiger partial charge is 0.0468 e. The highest BCUT2D eigenvalue weighted by Gasteiger charge is 2.17. The van der Waals surface area contributed by atoms with Crippen molar-refractivity contribution in [3.8, 4) is 55.6 Å². The first-order valence-corrected chi connectivity index (χ1v) is 19.6. The Morgan fingerprint density at radius 3 is 1.07 bits per heavy atom. The third-order valence-electron chi connectivity index (χ3n) is 11.1. The van der Waals surface area contributed by atoms with Crippen LogP contribution in [-0.2, 0) is 0 Å².